The SMILES string of the molecule is Cc1cc2nc(CN3CC(=O)N4CC[C@@H](O)C[C@H]4C3=O)[nH]c2cc1C. The highest BCUT2D eigenvalue weighted by atomic mass is 16.3. The molecule has 2 fully saturated rings. The predicted octanol–water partition coefficient (Wildman–Crippen LogP) is 0.874. The highest BCUT2D eigenvalue weighted by molar-refractivity contribution is 5.95. The summed E-state index contributed by atoms with van der Waals surface area (Å²) in [7, 11) is 0. The van der Waals surface area contributed by atoms with Gasteiger partial charge in [-0.05, 0) is 43.5 Å². The number of aliphatic hydroxyl groups excluding tert-OH is 1. The van der Waals surface area contributed by atoms with E-state index in [4.69, 9.17) is 0 Å². The molecule has 132 valence electrons. The molecule has 7 heteroatoms. The van der Waals surface area contributed by atoms with E-state index in [-0.39, 0.29) is 24.9 Å². The Kier molecular flexibility index (Phi) is 3.76. The molecule has 25 heavy (non-hydrogen) atoms. The van der Waals surface area contributed by atoms with Crippen molar-refractivity contribution in [3.63, 3.8) is 0 Å². The zero-order chi connectivity index (χ0) is 17.7. The number of piperidine rings is 1. The lowest BCUT2D eigenvalue weighted by atomic mass is 9.96. The van der Waals surface area contributed by atoms with Crippen LogP contribution in [0.25, 0.3) is 11.0 Å². The normalized spacial score (nSPS) is 24.1. The first-order chi connectivity index (χ1) is 11.9. The third kappa shape index (κ3) is 2.78. The van der Waals surface area contributed by atoms with Gasteiger partial charge in [0.1, 0.15) is 18.4 Å². The first-order valence-corrected chi connectivity index (χ1v) is 8.64. The number of carbonyl (C=O) groups excluding carboxylic acids is 2. The molecular formula is C18H22N4O3. The number of aromatic amines is 1. The zero-order valence-corrected chi connectivity index (χ0v) is 14.5. The first-order valence-electron chi connectivity index (χ1n) is 8.64. The Hall–Kier alpha value is -2.41. The van der Waals surface area contributed by atoms with E-state index in [0.29, 0.717) is 25.2 Å². The molecule has 3 heterocycles. The molecular weight excluding hydrogens is 320 g/mol. The molecule has 2 aliphatic rings. The lowest BCUT2D eigenvalue weighted by Gasteiger charge is -2.43. The molecule has 0 spiro atoms. The van der Waals surface area contributed by atoms with Crippen molar-refractivity contribution in [2.24, 2.45) is 0 Å². The monoisotopic (exact) mass is 342 g/mol. The van der Waals surface area contributed by atoms with Crippen LogP contribution < -0.4 is 0 Å². The van der Waals surface area contributed by atoms with Gasteiger partial charge in [0.2, 0.25) is 11.8 Å². The molecule has 1 aromatic carbocycles. The summed E-state index contributed by atoms with van der Waals surface area (Å²) >= 11 is 0. The second-order valence-corrected chi connectivity index (χ2v) is 7.11. The van der Waals surface area contributed by atoms with Gasteiger partial charge in [-0.1, -0.05) is 0 Å². The van der Waals surface area contributed by atoms with E-state index in [2.05, 4.69) is 9.97 Å². The maximum atomic E-state index is 12.8. The van der Waals surface area contributed by atoms with Gasteiger partial charge in [0.25, 0.3) is 0 Å². The number of benzene rings is 1. The maximum absolute atomic E-state index is 12.8. The van der Waals surface area contributed by atoms with E-state index in [0.717, 1.165) is 11.0 Å². The molecule has 2 aliphatic heterocycles. The summed E-state index contributed by atoms with van der Waals surface area (Å²) in [5.41, 5.74) is 4.15. The molecule has 2 saturated heterocycles. The van der Waals surface area contributed by atoms with Gasteiger partial charge in [-0.2, -0.15) is 0 Å². The summed E-state index contributed by atoms with van der Waals surface area (Å²) < 4.78 is 0. The van der Waals surface area contributed by atoms with Crippen LogP contribution in [0.1, 0.15) is 29.8 Å². The molecule has 7 nitrogen and oxygen atoms in total. The fourth-order valence-electron chi connectivity index (χ4n) is 3.73. The van der Waals surface area contributed by atoms with Gasteiger partial charge in [0.15, 0.2) is 0 Å². The van der Waals surface area contributed by atoms with Crippen LogP contribution in [0.3, 0.4) is 0 Å². The minimum Gasteiger partial charge on any atom is -0.393 e. The van der Waals surface area contributed by atoms with Gasteiger partial charge in [-0.25, -0.2) is 4.98 Å². The number of nitrogens with zero attached hydrogens (tertiary/aromatic N) is 3. The zero-order valence-electron chi connectivity index (χ0n) is 14.5. The summed E-state index contributed by atoms with van der Waals surface area (Å²) in [6.07, 6.45) is 0.340. The van der Waals surface area contributed by atoms with Crippen LogP contribution in [0, 0.1) is 13.8 Å². The molecule has 0 radical (unpaired) electrons. The van der Waals surface area contributed by atoms with Crippen LogP contribution >= 0.6 is 0 Å². The number of imidazole rings is 1. The lowest BCUT2D eigenvalue weighted by Crippen LogP contribution is -2.62. The Balaban J connectivity index is 1.58. The van der Waals surface area contributed by atoms with Crippen molar-refractivity contribution < 1.29 is 14.7 Å². The summed E-state index contributed by atoms with van der Waals surface area (Å²) in [6, 6.07) is 3.52. The fourth-order valence-corrected chi connectivity index (χ4v) is 3.73. The predicted molar refractivity (Wildman–Crippen MR) is 91.7 cm³/mol. The molecule has 2 aromatic rings. The molecule has 0 bridgehead atoms. The van der Waals surface area contributed by atoms with Crippen molar-refractivity contribution in [2.75, 3.05) is 13.1 Å². The molecule has 0 saturated carbocycles. The molecule has 2 N–H and O–H groups in total. The number of nitrogens with one attached hydrogen (secondary N) is 1. The van der Waals surface area contributed by atoms with Crippen molar-refractivity contribution >= 4 is 22.8 Å². The average Bonchev–Trinajstić information content (AvgIpc) is 2.93. The van der Waals surface area contributed by atoms with E-state index < -0.39 is 12.1 Å². The minimum atomic E-state index is -0.543. The van der Waals surface area contributed by atoms with Gasteiger partial charge < -0.3 is 19.9 Å². The number of aromatic nitrogens is 2. The van der Waals surface area contributed by atoms with Crippen molar-refractivity contribution in [2.45, 2.75) is 45.4 Å². The van der Waals surface area contributed by atoms with Crippen molar-refractivity contribution in [3.05, 3.63) is 29.1 Å². The standard InChI is InChI=1S/C18H22N4O3/c1-10-5-13-14(6-11(10)2)20-16(19-13)8-21-9-17(24)22-4-3-12(23)7-15(22)18(21)25/h5-6,12,15,23H,3-4,7-9H2,1-2H3,(H,19,20)/t12-,15+/m1/s1. The fraction of sp³-hybridized carbons (Fsp3) is 0.500. The molecule has 2 atom stereocenters. The van der Waals surface area contributed by atoms with E-state index >= 15 is 0 Å². The number of rotatable bonds is 2. The van der Waals surface area contributed by atoms with Gasteiger partial charge >= 0.3 is 0 Å². The first kappa shape index (κ1) is 16.1. The summed E-state index contributed by atoms with van der Waals surface area (Å²) in [4.78, 5) is 36.1. The Morgan fingerprint density at radius 2 is 2.04 bits per heavy atom. The number of amides is 2. The Labute approximate surface area is 145 Å². The number of carbonyl (C=O) groups is 2. The van der Waals surface area contributed by atoms with Gasteiger partial charge in [-0.3, -0.25) is 9.59 Å². The number of hydrogen-bond donors (Lipinski definition) is 2. The van der Waals surface area contributed by atoms with Crippen LogP contribution in [0.2, 0.25) is 0 Å². The van der Waals surface area contributed by atoms with Crippen LogP contribution in [-0.4, -0.2) is 61.9 Å². The Morgan fingerprint density at radius 1 is 1.28 bits per heavy atom. The lowest BCUT2D eigenvalue weighted by molar-refractivity contribution is -0.160. The van der Waals surface area contributed by atoms with Crippen molar-refractivity contribution in [3.8, 4) is 0 Å². The molecule has 2 amide bonds. The van der Waals surface area contributed by atoms with Crippen molar-refractivity contribution in [1.82, 2.24) is 19.8 Å². The summed E-state index contributed by atoms with van der Waals surface area (Å²) in [5.74, 6) is 0.511. The van der Waals surface area contributed by atoms with E-state index in [1.807, 2.05) is 26.0 Å². The van der Waals surface area contributed by atoms with Gasteiger partial charge in [0.05, 0.1) is 23.7 Å². The number of H-pyrrole nitrogens is 1. The quantitative estimate of drug-likeness (QED) is 0.848. The Bertz CT molecular complexity index is 820. The van der Waals surface area contributed by atoms with E-state index in [1.54, 1.807) is 9.80 Å². The Morgan fingerprint density at radius 3 is 2.84 bits per heavy atom. The minimum absolute atomic E-state index is 0.0562. The molecule has 1 aromatic heterocycles. The van der Waals surface area contributed by atoms with E-state index in [9.17, 15) is 14.7 Å². The van der Waals surface area contributed by atoms with Crippen molar-refractivity contribution in [1.29, 1.82) is 0 Å². The molecule has 0 unspecified atom stereocenters. The largest absolute Gasteiger partial charge is 0.393 e. The van der Waals surface area contributed by atoms with Crippen LogP contribution in [-0.2, 0) is 16.1 Å². The average molecular weight is 342 g/mol. The second kappa shape index (κ2) is 5.84. The van der Waals surface area contributed by atoms with Crippen LogP contribution in [0.4, 0.5) is 0 Å². The maximum Gasteiger partial charge on any atom is 0.246 e. The number of aliphatic hydroxyl groups is 1. The summed E-state index contributed by atoms with van der Waals surface area (Å²) in [5, 5.41) is 9.85. The topological polar surface area (TPSA) is 89.5 Å². The third-order valence-electron chi connectivity index (χ3n) is 5.31. The number of fused-ring (bicyclic) bond motifs is 2. The number of hydrogen-bond acceptors (Lipinski definition) is 4. The highest BCUT2D eigenvalue weighted by Gasteiger charge is 2.42. The number of piperazine rings is 1. The molecule has 4 rings (SSSR count). The second-order valence-electron chi connectivity index (χ2n) is 7.11. The molecule has 0 aliphatic carbocycles. The third-order valence-corrected chi connectivity index (χ3v) is 5.31. The van der Waals surface area contributed by atoms with Crippen LogP contribution in [0.5, 0.6) is 0 Å². The van der Waals surface area contributed by atoms with E-state index in [1.165, 1.54) is 11.1 Å². The van der Waals surface area contributed by atoms with Gasteiger partial charge in [0, 0.05) is 13.0 Å². The van der Waals surface area contributed by atoms with Gasteiger partial charge in [-0.15, -0.1) is 0 Å². The highest BCUT2D eigenvalue weighted by Crippen LogP contribution is 2.25. The summed E-state index contributed by atoms with van der Waals surface area (Å²) in [6.45, 7) is 4.88. The van der Waals surface area contributed by atoms with Crippen LogP contribution in [0.15, 0.2) is 12.1 Å². The smallest absolute Gasteiger partial charge is 0.246 e. The number of aryl methyl sites for hydroxylation is 2.